The number of carbonyl (C=O) groups excluding carboxylic acids is 9. The lowest BCUT2D eigenvalue weighted by Crippen LogP contribution is -2.54. The maximum atomic E-state index is 12.9. The van der Waals surface area contributed by atoms with Crippen molar-refractivity contribution in [3.8, 4) is 0 Å². The predicted octanol–water partition coefficient (Wildman–Crippen LogP) is 2.22. The summed E-state index contributed by atoms with van der Waals surface area (Å²) in [6, 6.07) is 8.35. The maximum absolute atomic E-state index is 12.9. The molecular weight excluding hydrogens is 783 g/mol. The van der Waals surface area contributed by atoms with Crippen LogP contribution in [0.25, 0.3) is 0 Å². The van der Waals surface area contributed by atoms with E-state index >= 15 is 0 Å². The van der Waals surface area contributed by atoms with Gasteiger partial charge in [0.1, 0.15) is 18.4 Å². The summed E-state index contributed by atoms with van der Waals surface area (Å²) >= 11 is 9.53. The van der Waals surface area contributed by atoms with Gasteiger partial charge in [-0.15, -0.1) is 23.2 Å². The van der Waals surface area contributed by atoms with E-state index in [1.807, 2.05) is 6.07 Å². The van der Waals surface area contributed by atoms with Gasteiger partial charge < -0.3 is 19.7 Å². The molecule has 2 unspecified atom stereocenters. The number of anilines is 2. The first-order valence-corrected chi connectivity index (χ1v) is 19.9. The second kappa shape index (κ2) is 17.9. The Bertz CT molecular complexity index is 1990. The molecule has 16 nitrogen and oxygen atoms in total. The number of nitrogens with zero attached hydrogens (tertiary/aromatic N) is 4. The summed E-state index contributed by atoms with van der Waals surface area (Å²) in [5, 5.41) is 13.8. The van der Waals surface area contributed by atoms with E-state index in [-0.39, 0.29) is 60.6 Å². The van der Waals surface area contributed by atoms with Gasteiger partial charge in [0.2, 0.25) is 23.6 Å². The van der Waals surface area contributed by atoms with Crippen LogP contribution in [0.4, 0.5) is 11.4 Å². The van der Waals surface area contributed by atoms with Crippen LogP contribution in [-0.4, -0.2) is 119 Å². The number of hydrogen-bond acceptors (Lipinski definition) is 12. The third-order valence-corrected chi connectivity index (χ3v) is 11.2. The Kier molecular flexibility index (Phi) is 13.0. The molecule has 4 fully saturated rings. The number of hydrogen-bond donors (Lipinski definition) is 3. The lowest BCUT2D eigenvalue weighted by molar-refractivity contribution is -0.137. The van der Waals surface area contributed by atoms with Crippen molar-refractivity contribution >= 4 is 88.1 Å². The zero-order valence-electron chi connectivity index (χ0n) is 30.9. The fourth-order valence-corrected chi connectivity index (χ4v) is 7.98. The molecule has 2 aromatic carbocycles. The maximum Gasteiger partial charge on any atom is 0.262 e. The van der Waals surface area contributed by atoms with E-state index in [1.54, 1.807) is 30.3 Å². The van der Waals surface area contributed by atoms with Gasteiger partial charge in [0.25, 0.3) is 23.6 Å². The fraction of sp³-hybridized carbons (Fsp3) is 0.462. The summed E-state index contributed by atoms with van der Waals surface area (Å²) < 4.78 is 0. The zero-order valence-corrected chi connectivity index (χ0v) is 32.4. The van der Waals surface area contributed by atoms with Gasteiger partial charge in [-0.1, -0.05) is 0 Å². The summed E-state index contributed by atoms with van der Waals surface area (Å²) in [6.07, 6.45) is 4.76. The van der Waals surface area contributed by atoms with Crippen molar-refractivity contribution in [2.45, 2.75) is 63.5 Å². The molecular formula is C39H42Cl2N6O10. The highest BCUT2D eigenvalue weighted by atomic mass is 35.5. The number of imide groups is 4. The van der Waals surface area contributed by atoms with Gasteiger partial charge >= 0.3 is 0 Å². The molecule has 18 heteroatoms. The molecule has 3 N–H and O–H groups in total. The molecule has 6 aliphatic rings. The van der Waals surface area contributed by atoms with Crippen molar-refractivity contribution in [1.29, 1.82) is 0 Å². The number of aldehydes is 1. The third-order valence-electron chi connectivity index (χ3n) is 11.2. The summed E-state index contributed by atoms with van der Waals surface area (Å²) in [7, 11) is 0. The summed E-state index contributed by atoms with van der Waals surface area (Å²) in [6.45, 7) is 3.17. The molecule has 8 amide bonds. The van der Waals surface area contributed by atoms with Crippen molar-refractivity contribution in [2.75, 3.05) is 47.9 Å². The Labute approximate surface area is 337 Å². The SMILES string of the molecule is ClCCl.O=C1CCC(N2C(=O)c3ccc(N4CCC(CO)CC4)cc3C2=O)C(=O)N1.O=CC1CCN(c2ccc3c(c2)C(=O)N(C2CCC(=O)NC2=O)C3=O)CC1. The smallest absolute Gasteiger partial charge is 0.262 e. The molecule has 6 aliphatic heterocycles. The van der Waals surface area contributed by atoms with E-state index in [4.69, 9.17) is 23.2 Å². The summed E-state index contributed by atoms with van der Waals surface area (Å²) in [4.78, 5) is 115. The molecule has 0 spiro atoms. The highest BCUT2D eigenvalue weighted by Gasteiger charge is 2.46. The molecule has 57 heavy (non-hydrogen) atoms. The number of amides is 8. The monoisotopic (exact) mass is 824 g/mol. The van der Waals surface area contributed by atoms with Gasteiger partial charge in [0.05, 0.1) is 27.6 Å². The van der Waals surface area contributed by atoms with Crippen LogP contribution in [0.15, 0.2) is 36.4 Å². The van der Waals surface area contributed by atoms with Gasteiger partial charge in [0.15, 0.2) is 0 Å². The number of alkyl halides is 2. The average Bonchev–Trinajstić information content (AvgIpc) is 3.61. The molecule has 8 rings (SSSR count). The van der Waals surface area contributed by atoms with Crippen LogP contribution >= 0.6 is 23.2 Å². The minimum absolute atomic E-state index is 0.0712. The number of benzene rings is 2. The molecule has 0 aromatic heterocycles. The average molecular weight is 826 g/mol. The molecule has 2 aromatic rings. The van der Waals surface area contributed by atoms with E-state index in [9.17, 15) is 48.3 Å². The number of nitrogens with one attached hydrogen (secondary N) is 2. The minimum Gasteiger partial charge on any atom is -0.396 e. The van der Waals surface area contributed by atoms with Crippen molar-refractivity contribution < 1.29 is 48.3 Å². The largest absolute Gasteiger partial charge is 0.396 e. The number of rotatable bonds is 6. The van der Waals surface area contributed by atoms with Crippen LogP contribution in [0, 0.1) is 11.8 Å². The molecule has 4 saturated heterocycles. The quantitative estimate of drug-likeness (QED) is 0.218. The van der Waals surface area contributed by atoms with Crippen molar-refractivity contribution in [3.63, 3.8) is 0 Å². The highest BCUT2D eigenvalue weighted by Crippen LogP contribution is 2.34. The fourth-order valence-electron chi connectivity index (χ4n) is 7.98. The molecule has 302 valence electrons. The van der Waals surface area contributed by atoms with E-state index < -0.39 is 53.4 Å². The van der Waals surface area contributed by atoms with Gasteiger partial charge in [-0.3, -0.25) is 58.8 Å². The number of aliphatic hydroxyl groups is 1. The first-order valence-electron chi connectivity index (χ1n) is 18.8. The lowest BCUT2D eigenvalue weighted by Gasteiger charge is -2.33. The van der Waals surface area contributed by atoms with E-state index in [0.717, 1.165) is 66.2 Å². The lowest BCUT2D eigenvalue weighted by atomic mass is 9.97. The Hall–Kier alpha value is -5.19. The first kappa shape index (κ1) is 41.4. The Morgan fingerprint density at radius 3 is 1.35 bits per heavy atom. The number of aliphatic hydroxyl groups excluding tert-OH is 1. The predicted molar refractivity (Wildman–Crippen MR) is 206 cm³/mol. The molecule has 0 saturated carbocycles. The van der Waals surface area contributed by atoms with Crippen LogP contribution in [0.3, 0.4) is 0 Å². The summed E-state index contributed by atoms with van der Waals surface area (Å²) in [5.74, 6) is -3.61. The van der Waals surface area contributed by atoms with Gasteiger partial charge in [-0.2, -0.15) is 0 Å². The number of halogens is 2. The number of fused-ring (bicyclic) bond motifs is 2. The summed E-state index contributed by atoms with van der Waals surface area (Å²) in [5.41, 5.74) is 2.82. The molecule has 0 radical (unpaired) electrons. The second-order valence-corrected chi connectivity index (χ2v) is 15.3. The van der Waals surface area contributed by atoms with Crippen LogP contribution < -0.4 is 20.4 Å². The topological polar surface area (TPSA) is 211 Å². The van der Waals surface area contributed by atoms with Crippen molar-refractivity contribution in [3.05, 3.63) is 58.7 Å². The molecule has 6 heterocycles. The van der Waals surface area contributed by atoms with Crippen LogP contribution in [0.5, 0.6) is 0 Å². The van der Waals surface area contributed by atoms with Gasteiger partial charge in [0, 0.05) is 62.9 Å². The standard InChI is InChI=1S/C19H21N3O5.C19H19N3O5.CH2Cl2/c2*23-10-11-5-7-21(8-6-11)12-1-2-13-14(9-12)19(27)22(18(13)26)15-3-4-16(24)20-17(15)25;2-1-3/h1-2,9,11,15,23H,3-8,10H2,(H,20,24,25);1-2,9-11,15H,3-8H2,(H,20,24,25);1H2. The van der Waals surface area contributed by atoms with Crippen molar-refractivity contribution in [1.82, 2.24) is 20.4 Å². The van der Waals surface area contributed by atoms with Crippen LogP contribution in [0.1, 0.15) is 92.8 Å². The van der Waals surface area contributed by atoms with Crippen molar-refractivity contribution in [2.24, 2.45) is 11.8 Å². The van der Waals surface area contributed by atoms with Gasteiger partial charge in [-0.05, 0) is 80.8 Å². The minimum atomic E-state index is -0.957. The first-order chi connectivity index (χ1) is 27.4. The Morgan fingerprint density at radius 1 is 0.596 bits per heavy atom. The normalized spacial score (nSPS) is 22.6. The van der Waals surface area contributed by atoms with E-state index in [0.29, 0.717) is 30.1 Å². The third kappa shape index (κ3) is 8.58. The Balaban J connectivity index is 0.000000180. The Morgan fingerprint density at radius 2 is 0.982 bits per heavy atom. The molecule has 2 atom stereocenters. The van der Waals surface area contributed by atoms with Crippen LogP contribution in [-0.2, 0) is 24.0 Å². The number of piperidine rings is 4. The molecule has 0 aliphatic carbocycles. The van der Waals surface area contributed by atoms with Gasteiger partial charge in [-0.25, -0.2) is 0 Å². The zero-order chi connectivity index (χ0) is 41.0. The number of carbonyl (C=O) groups is 9. The van der Waals surface area contributed by atoms with E-state index in [2.05, 4.69) is 20.4 Å². The van der Waals surface area contributed by atoms with E-state index in [1.165, 1.54) is 0 Å². The van der Waals surface area contributed by atoms with Crippen LogP contribution in [0.2, 0.25) is 0 Å². The molecule has 0 bridgehead atoms. The highest BCUT2D eigenvalue weighted by molar-refractivity contribution is 6.40. The second-order valence-electron chi connectivity index (χ2n) is 14.5.